The topological polar surface area (TPSA) is 40.5 Å². The molecule has 1 saturated heterocycles. The van der Waals surface area contributed by atoms with Crippen LogP contribution >= 0.6 is 0 Å². The van der Waals surface area contributed by atoms with E-state index in [2.05, 4.69) is 0 Å². The molecular formula is C15H22BNO3. The van der Waals surface area contributed by atoms with Crippen LogP contribution in [0, 0.1) is 0 Å². The zero-order valence-corrected chi connectivity index (χ0v) is 12.9. The van der Waals surface area contributed by atoms with Crippen LogP contribution in [0.25, 0.3) is 0 Å². The lowest BCUT2D eigenvalue weighted by Crippen LogP contribution is -2.41. The van der Waals surface area contributed by atoms with E-state index in [0.717, 1.165) is 23.9 Å². The van der Waals surface area contributed by atoms with E-state index in [-0.39, 0.29) is 16.8 Å². The molecule has 2 fully saturated rings. The second-order valence-electron chi connectivity index (χ2n) is 7.01. The van der Waals surface area contributed by atoms with Crippen molar-refractivity contribution in [1.82, 2.24) is 4.57 Å². The Morgan fingerprint density at radius 2 is 1.75 bits per heavy atom. The van der Waals surface area contributed by atoms with Crippen molar-refractivity contribution in [3.63, 3.8) is 0 Å². The highest BCUT2D eigenvalue weighted by Crippen LogP contribution is 2.39. The third-order valence-electron chi connectivity index (χ3n) is 4.77. The van der Waals surface area contributed by atoms with Crippen molar-refractivity contribution in [2.24, 2.45) is 7.05 Å². The van der Waals surface area contributed by atoms with Crippen molar-refractivity contribution >= 4 is 12.6 Å². The smallest absolute Gasteiger partial charge is 0.399 e. The van der Waals surface area contributed by atoms with Gasteiger partial charge in [-0.1, -0.05) is 6.07 Å². The lowest BCUT2D eigenvalue weighted by molar-refractivity contribution is 0.00578. The molecule has 0 unspecified atom stereocenters. The summed E-state index contributed by atoms with van der Waals surface area (Å²) in [6.45, 7) is 8.15. The predicted octanol–water partition coefficient (Wildman–Crippen LogP) is 1.56. The quantitative estimate of drug-likeness (QED) is 0.769. The number of aryl methyl sites for hydroxylation is 1. The van der Waals surface area contributed by atoms with Gasteiger partial charge in [0.25, 0.3) is 5.56 Å². The van der Waals surface area contributed by atoms with E-state index in [1.165, 1.54) is 0 Å². The van der Waals surface area contributed by atoms with Crippen LogP contribution in [0.5, 0.6) is 0 Å². The average molecular weight is 275 g/mol. The van der Waals surface area contributed by atoms with Crippen LogP contribution in [0.3, 0.4) is 0 Å². The Morgan fingerprint density at radius 3 is 2.25 bits per heavy atom. The van der Waals surface area contributed by atoms with Gasteiger partial charge in [0.15, 0.2) is 0 Å². The highest BCUT2D eigenvalue weighted by atomic mass is 16.7. The fourth-order valence-corrected chi connectivity index (χ4v) is 2.56. The maximum absolute atomic E-state index is 12.2. The monoisotopic (exact) mass is 275 g/mol. The Labute approximate surface area is 120 Å². The fraction of sp³-hybridized carbons (Fsp3) is 0.667. The summed E-state index contributed by atoms with van der Waals surface area (Å²) in [5, 5.41) is 0. The van der Waals surface area contributed by atoms with Crippen molar-refractivity contribution in [3.05, 3.63) is 28.2 Å². The van der Waals surface area contributed by atoms with Gasteiger partial charge in [-0.25, -0.2) is 0 Å². The average Bonchev–Trinajstić information content (AvgIpc) is 3.11. The Morgan fingerprint density at radius 1 is 1.20 bits per heavy atom. The Kier molecular flexibility index (Phi) is 2.93. The molecule has 5 heteroatoms. The summed E-state index contributed by atoms with van der Waals surface area (Å²) < 4.78 is 13.8. The van der Waals surface area contributed by atoms with Crippen molar-refractivity contribution < 1.29 is 9.31 Å². The molecule has 1 aliphatic carbocycles. The molecular weight excluding hydrogens is 253 g/mol. The van der Waals surface area contributed by atoms with Gasteiger partial charge in [0, 0.05) is 18.8 Å². The summed E-state index contributed by atoms with van der Waals surface area (Å²) >= 11 is 0. The van der Waals surface area contributed by atoms with Gasteiger partial charge in [-0.15, -0.1) is 0 Å². The number of pyridine rings is 1. The van der Waals surface area contributed by atoms with Crippen LogP contribution in [-0.2, 0) is 16.4 Å². The second kappa shape index (κ2) is 4.21. The first-order valence-electron chi connectivity index (χ1n) is 7.27. The molecule has 0 aromatic carbocycles. The normalized spacial score (nSPS) is 24.1. The van der Waals surface area contributed by atoms with Crippen molar-refractivity contribution in [2.45, 2.75) is 57.7 Å². The highest BCUT2D eigenvalue weighted by Gasteiger charge is 2.52. The molecule has 0 bridgehead atoms. The lowest BCUT2D eigenvalue weighted by Gasteiger charge is -2.32. The van der Waals surface area contributed by atoms with Gasteiger partial charge >= 0.3 is 7.12 Å². The van der Waals surface area contributed by atoms with E-state index >= 15 is 0 Å². The summed E-state index contributed by atoms with van der Waals surface area (Å²) in [6, 6.07) is 1.97. The van der Waals surface area contributed by atoms with Gasteiger partial charge < -0.3 is 13.9 Å². The Bertz CT molecular complexity index is 586. The first-order valence-corrected chi connectivity index (χ1v) is 7.27. The first-order chi connectivity index (χ1) is 9.21. The number of hydrogen-bond donors (Lipinski definition) is 0. The summed E-state index contributed by atoms with van der Waals surface area (Å²) in [7, 11) is 1.40. The molecule has 0 atom stereocenters. The second-order valence-corrected chi connectivity index (χ2v) is 7.01. The molecule has 1 aromatic rings. The van der Waals surface area contributed by atoms with Crippen LogP contribution in [0.1, 0.15) is 52.0 Å². The SMILES string of the molecule is Cn1cc(B2OC(C)(C)C(C)(C)O2)cc(C2CC2)c1=O. The minimum atomic E-state index is -0.399. The van der Waals surface area contributed by atoms with E-state index < -0.39 is 7.12 Å². The molecule has 2 aliphatic rings. The van der Waals surface area contributed by atoms with E-state index in [9.17, 15) is 4.79 Å². The third kappa shape index (κ3) is 2.13. The van der Waals surface area contributed by atoms with Crippen LogP contribution in [-0.4, -0.2) is 22.9 Å². The first kappa shape index (κ1) is 13.9. The highest BCUT2D eigenvalue weighted by molar-refractivity contribution is 6.62. The van der Waals surface area contributed by atoms with E-state index in [0.29, 0.717) is 5.92 Å². The molecule has 1 saturated carbocycles. The van der Waals surface area contributed by atoms with E-state index in [1.807, 2.05) is 40.0 Å². The zero-order chi connectivity index (χ0) is 14.7. The molecule has 4 nitrogen and oxygen atoms in total. The number of nitrogens with zero attached hydrogens (tertiary/aromatic N) is 1. The number of aromatic nitrogens is 1. The minimum absolute atomic E-state index is 0.104. The summed E-state index contributed by atoms with van der Waals surface area (Å²) in [5.41, 5.74) is 1.23. The largest absolute Gasteiger partial charge is 0.496 e. The van der Waals surface area contributed by atoms with Crippen molar-refractivity contribution in [1.29, 1.82) is 0 Å². The van der Waals surface area contributed by atoms with Gasteiger partial charge in [0.2, 0.25) is 0 Å². The maximum Gasteiger partial charge on any atom is 0.496 e. The van der Waals surface area contributed by atoms with Gasteiger partial charge in [-0.3, -0.25) is 4.79 Å². The van der Waals surface area contributed by atoms with Crippen LogP contribution in [0.2, 0.25) is 0 Å². The van der Waals surface area contributed by atoms with Crippen LogP contribution in [0.4, 0.5) is 0 Å². The molecule has 1 aliphatic heterocycles. The van der Waals surface area contributed by atoms with E-state index in [1.54, 1.807) is 11.6 Å². The molecule has 2 heterocycles. The van der Waals surface area contributed by atoms with Crippen molar-refractivity contribution in [2.75, 3.05) is 0 Å². The Balaban J connectivity index is 1.98. The molecule has 3 rings (SSSR count). The Hall–Kier alpha value is -1.07. The minimum Gasteiger partial charge on any atom is -0.399 e. The molecule has 1 aromatic heterocycles. The van der Waals surface area contributed by atoms with Gasteiger partial charge in [0.1, 0.15) is 0 Å². The molecule has 0 amide bonds. The maximum atomic E-state index is 12.2. The van der Waals surface area contributed by atoms with Gasteiger partial charge in [0.05, 0.1) is 11.2 Å². The molecule has 0 spiro atoms. The molecule has 20 heavy (non-hydrogen) atoms. The zero-order valence-electron chi connectivity index (χ0n) is 12.9. The van der Waals surface area contributed by atoms with Crippen molar-refractivity contribution in [3.8, 4) is 0 Å². The number of hydrogen-bond acceptors (Lipinski definition) is 3. The summed E-state index contributed by atoms with van der Waals surface area (Å²) in [5.74, 6) is 0.427. The van der Waals surface area contributed by atoms with Crippen LogP contribution in [0.15, 0.2) is 17.1 Å². The fourth-order valence-electron chi connectivity index (χ4n) is 2.56. The lowest BCUT2D eigenvalue weighted by atomic mass is 9.79. The van der Waals surface area contributed by atoms with Gasteiger partial charge in [-0.05, 0) is 51.9 Å². The predicted molar refractivity (Wildman–Crippen MR) is 79.4 cm³/mol. The van der Waals surface area contributed by atoms with Gasteiger partial charge in [-0.2, -0.15) is 0 Å². The van der Waals surface area contributed by atoms with Crippen LogP contribution < -0.4 is 11.0 Å². The third-order valence-corrected chi connectivity index (χ3v) is 4.77. The summed E-state index contributed by atoms with van der Waals surface area (Å²) in [6.07, 6.45) is 4.06. The molecule has 0 radical (unpaired) electrons. The standard InChI is InChI=1S/C15H22BNO3/c1-14(2)15(3,4)20-16(19-14)11-8-12(10-6-7-10)13(18)17(5)9-11/h8-10H,6-7H2,1-5H3. The van der Waals surface area contributed by atoms with E-state index in [4.69, 9.17) is 9.31 Å². The molecule has 0 N–H and O–H groups in total. The molecule has 108 valence electrons. The summed E-state index contributed by atoms with van der Waals surface area (Å²) in [4.78, 5) is 12.2. The number of rotatable bonds is 2.